The van der Waals surface area contributed by atoms with Crippen LogP contribution in [0, 0.1) is 11.3 Å². The molecular weight excluding hydrogens is 382 g/mol. The predicted octanol–water partition coefficient (Wildman–Crippen LogP) is 4.25. The largest absolute Gasteiger partial charge is 0.445 e. The van der Waals surface area contributed by atoms with Gasteiger partial charge in [-0.2, -0.15) is 5.26 Å². The summed E-state index contributed by atoms with van der Waals surface area (Å²) < 4.78 is 10.5. The summed E-state index contributed by atoms with van der Waals surface area (Å²) in [4.78, 5) is 25.6. The molecule has 0 spiro atoms. The number of amides is 2. The van der Waals surface area contributed by atoms with Crippen molar-refractivity contribution in [3.8, 4) is 6.07 Å². The summed E-state index contributed by atoms with van der Waals surface area (Å²) in [6, 6.07) is 20.9. The highest BCUT2D eigenvalue weighted by Crippen LogP contribution is 2.06. The van der Waals surface area contributed by atoms with Crippen molar-refractivity contribution >= 4 is 12.2 Å². The summed E-state index contributed by atoms with van der Waals surface area (Å²) in [6.45, 7) is 1.63. The van der Waals surface area contributed by atoms with Crippen LogP contribution in [0.15, 0.2) is 60.7 Å². The minimum absolute atomic E-state index is 0.192. The van der Waals surface area contributed by atoms with Crippen LogP contribution in [0.3, 0.4) is 0 Å². The lowest BCUT2D eigenvalue weighted by molar-refractivity contribution is 0.0960. The monoisotopic (exact) mass is 409 g/mol. The number of ether oxygens (including phenoxy) is 2. The van der Waals surface area contributed by atoms with E-state index in [0.29, 0.717) is 32.5 Å². The quantitative estimate of drug-likeness (QED) is 0.560. The van der Waals surface area contributed by atoms with Crippen LogP contribution >= 0.6 is 0 Å². The molecule has 0 aliphatic heterocycles. The highest BCUT2D eigenvalue weighted by Gasteiger charge is 2.14. The maximum atomic E-state index is 12.3. The van der Waals surface area contributed by atoms with Crippen molar-refractivity contribution in [2.24, 2.45) is 0 Å². The van der Waals surface area contributed by atoms with Gasteiger partial charge in [0.1, 0.15) is 13.2 Å². The summed E-state index contributed by atoms with van der Waals surface area (Å²) in [5.74, 6) is 0. The Morgan fingerprint density at radius 2 is 1.47 bits per heavy atom. The second-order valence-electron chi connectivity index (χ2n) is 6.63. The molecule has 1 N–H and O–H groups in total. The smallest absolute Gasteiger partial charge is 0.410 e. The molecular formula is C23H27N3O4. The van der Waals surface area contributed by atoms with E-state index < -0.39 is 12.2 Å². The molecule has 0 aromatic heterocycles. The molecule has 2 amide bonds. The van der Waals surface area contributed by atoms with Crippen molar-refractivity contribution in [1.29, 1.82) is 5.26 Å². The van der Waals surface area contributed by atoms with Gasteiger partial charge in [-0.05, 0) is 24.0 Å². The number of benzene rings is 2. The van der Waals surface area contributed by atoms with Crippen molar-refractivity contribution in [2.45, 2.75) is 32.5 Å². The summed E-state index contributed by atoms with van der Waals surface area (Å²) >= 11 is 0. The Kier molecular flexibility index (Phi) is 10.3. The third-order valence-electron chi connectivity index (χ3n) is 4.29. The molecule has 7 nitrogen and oxygen atoms in total. The summed E-state index contributed by atoms with van der Waals surface area (Å²) in [5.41, 5.74) is 1.83. The van der Waals surface area contributed by atoms with Gasteiger partial charge in [0, 0.05) is 19.6 Å². The molecule has 0 unspecified atom stereocenters. The van der Waals surface area contributed by atoms with Gasteiger partial charge in [0.15, 0.2) is 0 Å². The van der Waals surface area contributed by atoms with E-state index in [1.54, 1.807) is 0 Å². The second kappa shape index (κ2) is 13.6. The second-order valence-corrected chi connectivity index (χ2v) is 6.63. The van der Waals surface area contributed by atoms with E-state index in [-0.39, 0.29) is 19.6 Å². The topological polar surface area (TPSA) is 91.7 Å². The number of carbonyl (C=O) groups excluding carboxylic acids is 2. The summed E-state index contributed by atoms with van der Waals surface area (Å²) in [5, 5.41) is 11.5. The zero-order valence-corrected chi connectivity index (χ0v) is 17.0. The molecule has 0 fully saturated rings. The van der Waals surface area contributed by atoms with Gasteiger partial charge >= 0.3 is 12.2 Å². The summed E-state index contributed by atoms with van der Waals surface area (Å²) in [7, 11) is 0. The van der Waals surface area contributed by atoms with E-state index in [9.17, 15) is 9.59 Å². The first-order valence-electron chi connectivity index (χ1n) is 9.96. The highest BCUT2D eigenvalue weighted by molar-refractivity contribution is 5.67. The number of alkyl carbamates (subject to hydrolysis) is 1. The van der Waals surface area contributed by atoms with Gasteiger partial charge in [-0.3, -0.25) is 0 Å². The zero-order chi connectivity index (χ0) is 21.4. The van der Waals surface area contributed by atoms with E-state index in [1.165, 1.54) is 4.90 Å². The fraction of sp³-hybridized carbons (Fsp3) is 0.348. The molecule has 0 heterocycles. The Morgan fingerprint density at radius 3 is 2.07 bits per heavy atom. The molecule has 2 aromatic rings. The van der Waals surface area contributed by atoms with Crippen molar-refractivity contribution in [3.63, 3.8) is 0 Å². The van der Waals surface area contributed by atoms with Crippen molar-refractivity contribution in [2.75, 3.05) is 19.6 Å². The van der Waals surface area contributed by atoms with E-state index in [0.717, 1.165) is 11.1 Å². The van der Waals surface area contributed by atoms with E-state index >= 15 is 0 Å². The molecule has 0 saturated carbocycles. The fourth-order valence-electron chi connectivity index (χ4n) is 2.68. The minimum Gasteiger partial charge on any atom is -0.445 e. The molecule has 30 heavy (non-hydrogen) atoms. The Bertz CT molecular complexity index is 806. The number of nitrogens with one attached hydrogen (secondary N) is 1. The molecule has 0 bridgehead atoms. The molecule has 0 aliphatic rings. The van der Waals surface area contributed by atoms with Crippen LogP contribution in [0.4, 0.5) is 9.59 Å². The Morgan fingerprint density at radius 1 is 0.867 bits per heavy atom. The standard InChI is InChI=1S/C23H27N3O4/c24-14-9-17-26(23(28)30-19-21-12-5-2-6-13-21)16-8-7-15-25-22(27)29-18-20-10-3-1-4-11-20/h1-6,10-13H,7-9,15-19H2,(H,25,27). The minimum atomic E-state index is -0.470. The van der Waals surface area contributed by atoms with Gasteiger partial charge in [0.2, 0.25) is 0 Å². The Hall–Kier alpha value is -3.53. The van der Waals surface area contributed by atoms with E-state index in [1.807, 2.05) is 66.7 Å². The van der Waals surface area contributed by atoms with Crippen molar-refractivity contribution in [3.05, 3.63) is 71.8 Å². The van der Waals surface area contributed by atoms with Crippen LogP contribution in [0.2, 0.25) is 0 Å². The van der Waals surface area contributed by atoms with Gasteiger partial charge in [0.25, 0.3) is 0 Å². The number of rotatable bonds is 11. The van der Waals surface area contributed by atoms with Crippen LogP contribution < -0.4 is 5.32 Å². The third kappa shape index (κ3) is 9.11. The van der Waals surface area contributed by atoms with Gasteiger partial charge in [-0.25, -0.2) is 9.59 Å². The predicted molar refractivity (Wildman–Crippen MR) is 112 cm³/mol. The number of hydrogen-bond acceptors (Lipinski definition) is 5. The average molecular weight is 409 g/mol. The first kappa shape index (κ1) is 22.8. The molecule has 2 aromatic carbocycles. The van der Waals surface area contributed by atoms with Crippen molar-refractivity contribution < 1.29 is 19.1 Å². The van der Waals surface area contributed by atoms with Crippen molar-refractivity contribution in [1.82, 2.24) is 10.2 Å². The lowest BCUT2D eigenvalue weighted by Crippen LogP contribution is -2.34. The van der Waals surface area contributed by atoms with Gasteiger partial charge in [0.05, 0.1) is 12.5 Å². The van der Waals surface area contributed by atoms with Crippen LogP contribution in [0.1, 0.15) is 30.4 Å². The maximum Gasteiger partial charge on any atom is 0.410 e. The van der Waals surface area contributed by atoms with Gasteiger partial charge < -0.3 is 19.7 Å². The number of carbonyl (C=O) groups is 2. The lowest BCUT2D eigenvalue weighted by atomic mass is 10.2. The molecule has 0 saturated heterocycles. The molecule has 2 rings (SSSR count). The SMILES string of the molecule is N#CCCN(CCCCNC(=O)OCc1ccccc1)C(=O)OCc1ccccc1. The fourth-order valence-corrected chi connectivity index (χ4v) is 2.68. The van der Waals surface area contributed by atoms with Crippen LogP contribution in [0.25, 0.3) is 0 Å². The normalized spacial score (nSPS) is 9.97. The third-order valence-corrected chi connectivity index (χ3v) is 4.29. The first-order chi connectivity index (χ1) is 14.7. The molecule has 0 radical (unpaired) electrons. The highest BCUT2D eigenvalue weighted by atomic mass is 16.6. The van der Waals surface area contributed by atoms with Crippen LogP contribution in [-0.2, 0) is 22.7 Å². The van der Waals surface area contributed by atoms with Gasteiger partial charge in [-0.1, -0.05) is 60.7 Å². The molecule has 0 aliphatic carbocycles. The number of hydrogen-bond donors (Lipinski definition) is 1. The van der Waals surface area contributed by atoms with Crippen LogP contribution in [-0.4, -0.2) is 36.7 Å². The first-order valence-corrected chi connectivity index (χ1v) is 9.96. The zero-order valence-electron chi connectivity index (χ0n) is 17.0. The molecule has 0 atom stereocenters. The van der Waals surface area contributed by atoms with E-state index in [2.05, 4.69) is 5.32 Å². The van der Waals surface area contributed by atoms with Gasteiger partial charge in [-0.15, -0.1) is 0 Å². The number of nitrogens with zero attached hydrogens (tertiary/aromatic N) is 2. The lowest BCUT2D eigenvalue weighted by Gasteiger charge is -2.21. The average Bonchev–Trinajstić information content (AvgIpc) is 2.79. The Balaban J connectivity index is 1.64. The Labute approximate surface area is 177 Å². The van der Waals surface area contributed by atoms with Crippen LogP contribution in [0.5, 0.6) is 0 Å². The molecule has 7 heteroatoms. The number of nitriles is 1. The maximum absolute atomic E-state index is 12.3. The molecule has 158 valence electrons. The summed E-state index contributed by atoms with van der Waals surface area (Å²) in [6.07, 6.45) is 0.678. The van der Waals surface area contributed by atoms with E-state index in [4.69, 9.17) is 14.7 Å². The number of unbranched alkanes of at least 4 members (excludes halogenated alkanes) is 1.